The van der Waals surface area contributed by atoms with Crippen LogP contribution in [-0.4, -0.2) is 11.2 Å². The highest BCUT2D eigenvalue weighted by Gasteiger charge is 2.32. The molecule has 0 aromatic carbocycles. The van der Waals surface area contributed by atoms with E-state index in [1.807, 2.05) is 0 Å². The molecule has 0 bridgehead atoms. The highest BCUT2D eigenvalue weighted by Crippen LogP contribution is 2.41. The first-order valence-corrected chi connectivity index (χ1v) is 15.8. The maximum atomic E-state index is 10.1. The van der Waals surface area contributed by atoms with Gasteiger partial charge in [-0.15, -0.1) is 0 Å². The second-order valence-electron chi connectivity index (χ2n) is 13.9. The van der Waals surface area contributed by atoms with Gasteiger partial charge in [0, 0.05) is 11.0 Å². The van der Waals surface area contributed by atoms with Crippen molar-refractivity contribution in [1.29, 1.82) is 0 Å². The van der Waals surface area contributed by atoms with Crippen molar-refractivity contribution in [3.8, 4) is 11.8 Å². The topological polar surface area (TPSA) is 20.2 Å². The molecule has 0 aliphatic heterocycles. The summed E-state index contributed by atoms with van der Waals surface area (Å²) in [7, 11) is 0. The Labute approximate surface area is 253 Å². The highest BCUT2D eigenvalue weighted by molar-refractivity contribution is 5.44. The number of rotatable bonds is 10. The van der Waals surface area contributed by atoms with Gasteiger partial charge in [0.25, 0.3) is 0 Å². The van der Waals surface area contributed by atoms with Gasteiger partial charge < -0.3 is 5.11 Å². The molecule has 0 unspecified atom stereocenters. The molecule has 0 saturated heterocycles. The average Bonchev–Trinajstić information content (AvgIpc) is 2.84. The van der Waals surface area contributed by atoms with Gasteiger partial charge in [0.15, 0.2) is 0 Å². The second-order valence-corrected chi connectivity index (χ2v) is 13.9. The van der Waals surface area contributed by atoms with E-state index in [4.69, 9.17) is 0 Å². The third kappa shape index (κ3) is 12.1. The van der Waals surface area contributed by atoms with Crippen molar-refractivity contribution in [2.75, 3.05) is 0 Å². The zero-order valence-electron chi connectivity index (χ0n) is 28.0. The Morgan fingerprint density at radius 1 is 0.878 bits per heavy atom. The number of unbranched alkanes of at least 4 members (excludes halogenated alkanes) is 1. The molecule has 224 valence electrons. The summed E-state index contributed by atoms with van der Waals surface area (Å²) in [4.78, 5) is 0. The van der Waals surface area contributed by atoms with Crippen LogP contribution in [0.2, 0.25) is 0 Å². The monoisotopic (exact) mass is 554 g/mol. The predicted molar refractivity (Wildman–Crippen MR) is 182 cm³/mol. The Hall–Kier alpha value is -2.56. The van der Waals surface area contributed by atoms with E-state index in [0.29, 0.717) is 5.41 Å². The van der Waals surface area contributed by atoms with E-state index >= 15 is 0 Å². The lowest BCUT2D eigenvalue weighted by molar-refractivity contribution is 0.117. The van der Waals surface area contributed by atoms with E-state index < -0.39 is 0 Å². The Morgan fingerprint density at radius 3 is 2.27 bits per heavy atom. The number of aliphatic hydroxyl groups is 1. The molecule has 0 aromatic rings. The fourth-order valence-corrected chi connectivity index (χ4v) is 6.24. The molecule has 2 rings (SSSR count). The van der Waals surface area contributed by atoms with Crippen LogP contribution in [-0.2, 0) is 0 Å². The molecule has 0 saturated carbocycles. The largest absolute Gasteiger partial charge is 0.393 e. The van der Waals surface area contributed by atoms with Gasteiger partial charge in [-0.2, -0.15) is 0 Å². The lowest BCUT2D eigenvalue weighted by atomic mass is 9.72. The standard InChI is InChI=1S/C40H58O/c1-30(18-13-20-32(3)23-25-37-34(5)22-15-27-39(37,7)8)16-11-12-17-31(2)19-14-21-33(4)24-26-38-35(6)28-36(41)29-40(38,9)10/h13,16-18,20-21,23,25,36,41H,11-12,14-15,19,22,27-29H2,1-10H3/b18-13+,25-23+,30-16+,31-17+,32-20+,33-21+/t36-/m1/s1. The van der Waals surface area contributed by atoms with Crippen LogP contribution in [0.4, 0.5) is 0 Å². The molecular weight excluding hydrogens is 496 g/mol. The van der Waals surface area contributed by atoms with Gasteiger partial charge in [0.2, 0.25) is 0 Å². The molecule has 0 amide bonds. The Kier molecular flexibility index (Phi) is 13.7. The number of aliphatic hydroxyl groups excluding tert-OH is 1. The fourth-order valence-electron chi connectivity index (χ4n) is 6.24. The minimum absolute atomic E-state index is 0.0484. The molecule has 1 nitrogen and oxygen atoms in total. The summed E-state index contributed by atoms with van der Waals surface area (Å²) in [6, 6.07) is 0. The van der Waals surface area contributed by atoms with E-state index in [9.17, 15) is 5.11 Å². The second kappa shape index (κ2) is 16.2. The summed E-state index contributed by atoms with van der Waals surface area (Å²) in [5, 5.41) is 10.1. The quantitative estimate of drug-likeness (QED) is 0.123. The van der Waals surface area contributed by atoms with Crippen LogP contribution < -0.4 is 0 Å². The summed E-state index contributed by atoms with van der Waals surface area (Å²) in [6.45, 7) is 22.3. The van der Waals surface area contributed by atoms with Gasteiger partial charge in [0.05, 0.1) is 6.10 Å². The zero-order valence-corrected chi connectivity index (χ0v) is 28.0. The minimum atomic E-state index is -0.238. The first-order chi connectivity index (χ1) is 19.2. The Balaban J connectivity index is 1.79. The lowest BCUT2D eigenvalue weighted by Gasteiger charge is -2.34. The van der Waals surface area contributed by atoms with Gasteiger partial charge >= 0.3 is 0 Å². The smallest absolute Gasteiger partial charge is 0.0586 e. The summed E-state index contributed by atoms with van der Waals surface area (Å²) < 4.78 is 0. The molecule has 0 spiro atoms. The van der Waals surface area contributed by atoms with Gasteiger partial charge in [-0.3, -0.25) is 0 Å². The molecule has 0 radical (unpaired) electrons. The molecule has 1 atom stereocenters. The molecule has 1 heteroatoms. The van der Waals surface area contributed by atoms with Crippen molar-refractivity contribution in [3.63, 3.8) is 0 Å². The number of hydrogen-bond acceptors (Lipinski definition) is 1. The molecule has 1 N–H and O–H groups in total. The Bertz CT molecular complexity index is 1220. The minimum Gasteiger partial charge on any atom is -0.393 e. The third-order valence-electron chi connectivity index (χ3n) is 8.66. The third-order valence-corrected chi connectivity index (χ3v) is 8.66. The first-order valence-electron chi connectivity index (χ1n) is 15.8. The van der Waals surface area contributed by atoms with E-state index in [2.05, 4.69) is 130 Å². The van der Waals surface area contributed by atoms with Crippen molar-refractivity contribution in [2.24, 2.45) is 10.8 Å². The maximum absolute atomic E-state index is 10.1. The Morgan fingerprint density at radius 2 is 1.59 bits per heavy atom. The van der Waals surface area contributed by atoms with Crippen LogP contribution >= 0.6 is 0 Å². The normalized spacial score (nSPS) is 22.6. The van der Waals surface area contributed by atoms with Crippen LogP contribution in [0, 0.1) is 22.7 Å². The van der Waals surface area contributed by atoms with Crippen LogP contribution in [0.15, 0.2) is 93.2 Å². The number of allylic oxidation sites excluding steroid dienone is 15. The van der Waals surface area contributed by atoms with Gasteiger partial charge in [-0.05, 0) is 116 Å². The van der Waals surface area contributed by atoms with Crippen LogP contribution in [0.5, 0.6) is 0 Å². The van der Waals surface area contributed by atoms with Gasteiger partial charge in [-0.25, -0.2) is 0 Å². The van der Waals surface area contributed by atoms with E-state index in [0.717, 1.165) is 44.1 Å². The van der Waals surface area contributed by atoms with Crippen molar-refractivity contribution < 1.29 is 5.11 Å². The average molecular weight is 555 g/mol. The SMILES string of the molecule is CC1=C(C#C/C(C)=C/CC/C(C)=C/CC/C=C(C)/C=C/C=C(C)/C=C/C2=C(C)CCCC2(C)C)C(C)(C)C[C@H](O)C1. The van der Waals surface area contributed by atoms with E-state index in [1.54, 1.807) is 5.57 Å². The van der Waals surface area contributed by atoms with E-state index in [-0.39, 0.29) is 11.5 Å². The maximum Gasteiger partial charge on any atom is 0.0586 e. The van der Waals surface area contributed by atoms with Crippen LogP contribution in [0.1, 0.15) is 127 Å². The lowest BCUT2D eigenvalue weighted by Crippen LogP contribution is -2.28. The first kappa shape index (κ1) is 34.6. The van der Waals surface area contributed by atoms with Crippen LogP contribution in [0.25, 0.3) is 0 Å². The fraction of sp³-hybridized carbons (Fsp3) is 0.550. The molecule has 0 fully saturated rings. The number of hydrogen-bond donors (Lipinski definition) is 1. The van der Waals surface area contributed by atoms with Gasteiger partial charge in [0.1, 0.15) is 0 Å². The molecule has 2 aliphatic rings. The van der Waals surface area contributed by atoms with E-state index in [1.165, 1.54) is 52.7 Å². The molecular formula is C40H58O. The predicted octanol–water partition coefficient (Wildman–Crippen LogP) is 11.5. The molecule has 2 aliphatic carbocycles. The van der Waals surface area contributed by atoms with Crippen molar-refractivity contribution >= 4 is 0 Å². The summed E-state index contributed by atoms with van der Waals surface area (Å²) in [5.41, 5.74) is 10.9. The van der Waals surface area contributed by atoms with Crippen molar-refractivity contribution in [2.45, 2.75) is 133 Å². The molecule has 0 heterocycles. The summed E-state index contributed by atoms with van der Waals surface area (Å²) in [5.74, 6) is 6.80. The summed E-state index contributed by atoms with van der Waals surface area (Å²) in [6.07, 6.45) is 27.6. The van der Waals surface area contributed by atoms with Crippen LogP contribution in [0.3, 0.4) is 0 Å². The molecule has 41 heavy (non-hydrogen) atoms. The highest BCUT2D eigenvalue weighted by atomic mass is 16.3. The molecule has 0 aromatic heterocycles. The van der Waals surface area contributed by atoms with Crippen molar-refractivity contribution in [1.82, 2.24) is 0 Å². The summed E-state index contributed by atoms with van der Waals surface area (Å²) >= 11 is 0. The van der Waals surface area contributed by atoms with Crippen molar-refractivity contribution in [3.05, 3.63) is 93.2 Å². The van der Waals surface area contributed by atoms with Gasteiger partial charge in [-0.1, -0.05) is 116 Å². The zero-order chi connectivity index (χ0) is 30.6.